The van der Waals surface area contributed by atoms with Crippen molar-refractivity contribution in [2.24, 2.45) is 0 Å². The zero-order chi connectivity index (χ0) is 12.2. The molecule has 0 fully saturated rings. The molecule has 0 spiro atoms. The number of rotatable bonds is 4. The zero-order valence-electron chi connectivity index (χ0n) is 10.3. The van der Waals surface area contributed by atoms with E-state index in [1.54, 1.807) is 0 Å². The van der Waals surface area contributed by atoms with Crippen LogP contribution in [-0.2, 0) is 0 Å². The van der Waals surface area contributed by atoms with Gasteiger partial charge in [0.05, 0.1) is 8.07 Å². The van der Waals surface area contributed by atoms with Crippen molar-refractivity contribution in [3.8, 4) is 0 Å². The summed E-state index contributed by atoms with van der Waals surface area (Å²) in [4.78, 5) is 0. The second kappa shape index (κ2) is 5.51. The molecule has 1 aromatic rings. The Morgan fingerprint density at radius 1 is 1.25 bits per heavy atom. The predicted molar refractivity (Wildman–Crippen MR) is 77.6 cm³/mol. The average Bonchev–Trinajstić information content (AvgIpc) is 2.16. The van der Waals surface area contributed by atoms with E-state index in [1.165, 1.54) is 11.1 Å². The van der Waals surface area contributed by atoms with E-state index < -0.39 is 8.07 Å². The monoisotopic (exact) mass is 250 g/mol. The van der Waals surface area contributed by atoms with E-state index in [2.05, 4.69) is 44.1 Å². The molecule has 86 valence electrons. The third-order valence-electron chi connectivity index (χ3n) is 2.19. The maximum atomic E-state index is 5.90. The Bertz CT molecular complexity index is 382. The Kier molecular flexibility index (Phi) is 4.57. The molecule has 1 rings (SSSR count). The molecular weight excluding hydrogens is 232 g/mol. The van der Waals surface area contributed by atoms with Crippen molar-refractivity contribution in [2.45, 2.75) is 26.1 Å². The van der Waals surface area contributed by atoms with E-state index in [9.17, 15) is 0 Å². The van der Waals surface area contributed by atoms with Crippen LogP contribution in [0.15, 0.2) is 42.6 Å². The van der Waals surface area contributed by atoms with Crippen LogP contribution in [0.3, 0.4) is 0 Å². The van der Waals surface area contributed by atoms with Crippen molar-refractivity contribution in [2.75, 3.05) is 0 Å². The Hall–Kier alpha value is -0.793. The average molecular weight is 251 g/mol. The number of benzene rings is 1. The molecule has 0 N–H and O–H groups in total. The molecule has 0 atom stereocenters. The van der Waals surface area contributed by atoms with Crippen LogP contribution in [0.1, 0.15) is 12.0 Å². The number of hydrogen-bond acceptors (Lipinski definition) is 0. The van der Waals surface area contributed by atoms with Crippen LogP contribution in [0.2, 0.25) is 24.7 Å². The Morgan fingerprint density at radius 2 is 1.81 bits per heavy atom. The molecule has 0 heterocycles. The van der Waals surface area contributed by atoms with E-state index in [1.807, 2.05) is 18.2 Å². The van der Waals surface area contributed by atoms with Crippen molar-refractivity contribution in [1.29, 1.82) is 0 Å². The van der Waals surface area contributed by atoms with Crippen LogP contribution in [-0.4, -0.2) is 8.07 Å². The maximum Gasteiger partial charge on any atom is 0.0691 e. The second-order valence-electron chi connectivity index (χ2n) is 5.04. The van der Waals surface area contributed by atoms with E-state index >= 15 is 0 Å². The lowest BCUT2D eigenvalue weighted by molar-refractivity contribution is 1.40. The summed E-state index contributed by atoms with van der Waals surface area (Å²) < 4.78 is 0. The molecule has 16 heavy (non-hydrogen) atoms. The Balaban J connectivity index is 3.07. The van der Waals surface area contributed by atoms with Gasteiger partial charge in [0.15, 0.2) is 0 Å². The van der Waals surface area contributed by atoms with Gasteiger partial charge in [0.1, 0.15) is 0 Å². The topological polar surface area (TPSA) is 0 Å². The fraction of sp³-hybridized carbons (Fsp3) is 0.286. The van der Waals surface area contributed by atoms with Crippen LogP contribution in [0.5, 0.6) is 0 Å². The minimum Gasteiger partial charge on any atom is -0.103 e. The molecule has 0 amide bonds. The lowest BCUT2D eigenvalue weighted by Crippen LogP contribution is -2.16. The molecule has 1 aromatic carbocycles. The third kappa shape index (κ3) is 4.38. The molecule has 0 saturated carbocycles. The largest absolute Gasteiger partial charge is 0.103 e. The van der Waals surface area contributed by atoms with Gasteiger partial charge in [-0.3, -0.25) is 0 Å². The van der Waals surface area contributed by atoms with Gasteiger partial charge < -0.3 is 0 Å². The maximum absolute atomic E-state index is 5.90. The van der Waals surface area contributed by atoms with Gasteiger partial charge in [-0.2, -0.15) is 0 Å². The van der Waals surface area contributed by atoms with E-state index in [-0.39, 0.29) is 0 Å². The molecule has 0 aliphatic heterocycles. The number of hydrogen-bond donors (Lipinski definition) is 0. The van der Waals surface area contributed by atoms with Crippen LogP contribution in [0.4, 0.5) is 0 Å². The van der Waals surface area contributed by atoms with Gasteiger partial charge in [0.25, 0.3) is 0 Å². The summed E-state index contributed by atoms with van der Waals surface area (Å²) in [5.41, 5.74) is 5.05. The summed E-state index contributed by atoms with van der Waals surface area (Å²) in [5, 5.41) is 0.787. The van der Waals surface area contributed by atoms with Gasteiger partial charge >= 0.3 is 0 Å². The highest BCUT2D eigenvalue weighted by molar-refractivity contribution is 6.81. The van der Waals surface area contributed by atoms with Crippen LogP contribution >= 0.6 is 11.6 Å². The van der Waals surface area contributed by atoms with E-state index in [0.717, 1.165) is 11.4 Å². The summed E-state index contributed by atoms with van der Waals surface area (Å²) >= 11 is 5.90. The molecule has 0 aliphatic carbocycles. The van der Waals surface area contributed by atoms with Crippen LogP contribution < -0.4 is 0 Å². The molecule has 0 unspecified atom stereocenters. The minimum absolute atomic E-state index is 0.787. The molecule has 0 bridgehead atoms. The van der Waals surface area contributed by atoms with Crippen molar-refractivity contribution >= 4 is 25.2 Å². The first-order chi connectivity index (χ1) is 7.42. The molecule has 0 nitrogen and oxygen atoms in total. The normalized spacial score (nSPS) is 12.6. The third-order valence-corrected chi connectivity index (χ3v) is 3.65. The first kappa shape index (κ1) is 13.3. The Morgan fingerprint density at radius 3 is 2.25 bits per heavy atom. The predicted octanol–water partition coefficient (Wildman–Crippen LogP) is 5.18. The molecule has 0 saturated heterocycles. The van der Waals surface area contributed by atoms with E-state index in [4.69, 9.17) is 11.6 Å². The summed E-state index contributed by atoms with van der Waals surface area (Å²) in [5.74, 6) is 0. The summed E-state index contributed by atoms with van der Waals surface area (Å²) in [6, 6.07) is 8.05. The van der Waals surface area contributed by atoms with Gasteiger partial charge in [0, 0.05) is 5.02 Å². The Labute approximate surface area is 105 Å². The summed E-state index contributed by atoms with van der Waals surface area (Å²) in [6.07, 6.45) is 2.88. The SMILES string of the molecule is C=CCC(=C[Si](C)(C)C)c1ccc(Cl)cc1. The van der Waals surface area contributed by atoms with Crippen LogP contribution in [0.25, 0.3) is 5.57 Å². The zero-order valence-corrected chi connectivity index (χ0v) is 12.0. The van der Waals surface area contributed by atoms with Crippen LogP contribution in [0, 0.1) is 0 Å². The molecule has 0 aromatic heterocycles. The second-order valence-corrected chi connectivity index (χ2v) is 10.5. The first-order valence-electron chi connectivity index (χ1n) is 5.51. The number of halogens is 1. The molecule has 2 heteroatoms. The molecule has 0 radical (unpaired) electrons. The smallest absolute Gasteiger partial charge is 0.0691 e. The summed E-state index contributed by atoms with van der Waals surface area (Å²) in [7, 11) is -1.20. The van der Waals surface area contributed by atoms with Gasteiger partial charge in [-0.1, -0.05) is 55.2 Å². The van der Waals surface area contributed by atoms with Gasteiger partial charge in [-0.15, -0.1) is 6.58 Å². The van der Waals surface area contributed by atoms with Crippen molar-refractivity contribution in [1.82, 2.24) is 0 Å². The summed E-state index contributed by atoms with van der Waals surface area (Å²) in [6.45, 7) is 10.8. The lowest BCUT2D eigenvalue weighted by Gasteiger charge is -2.14. The number of allylic oxidation sites excluding steroid dienone is 2. The standard InChI is InChI=1S/C14H19ClSi/c1-5-6-13(11-16(2,3)4)12-7-9-14(15)10-8-12/h5,7-11H,1,6H2,2-4H3. The van der Waals surface area contributed by atoms with Crippen molar-refractivity contribution in [3.05, 3.63) is 53.2 Å². The highest BCUT2D eigenvalue weighted by Crippen LogP contribution is 2.23. The molecular formula is C14H19ClSi. The van der Waals surface area contributed by atoms with Gasteiger partial charge in [-0.05, 0) is 29.7 Å². The minimum atomic E-state index is -1.20. The quantitative estimate of drug-likeness (QED) is 0.510. The lowest BCUT2D eigenvalue weighted by atomic mass is 10.1. The van der Waals surface area contributed by atoms with Crippen molar-refractivity contribution in [3.63, 3.8) is 0 Å². The first-order valence-corrected chi connectivity index (χ1v) is 9.46. The highest BCUT2D eigenvalue weighted by Gasteiger charge is 2.11. The van der Waals surface area contributed by atoms with Crippen molar-refractivity contribution < 1.29 is 0 Å². The van der Waals surface area contributed by atoms with Gasteiger partial charge in [-0.25, -0.2) is 0 Å². The fourth-order valence-corrected chi connectivity index (χ4v) is 3.06. The van der Waals surface area contributed by atoms with Gasteiger partial charge in [0.2, 0.25) is 0 Å². The van der Waals surface area contributed by atoms with E-state index in [0.29, 0.717) is 0 Å². The highest BCUT2D eigenvalue weighted by atomic mass is 35.5. The molecule has 0 aliphatic rings. The fourth-order valence-electron chi connectivity index (χ4n) is 1.60.